The Labute approximate surface area is 47.8 Å². The van der Waals surface area contributed by atoms with E-state index in [0.29, 0.717) is 12.0 Å². The summed E-state index contributed by atoms with van der Waals surface area (Å²) in [5.41, 5.74) is 0.588. The highest BCUT2D eigenvalue weighted by molar-refractivity contribution is 5.96. The first-order valence-corrected chi connectivity index (χ1v) is 2.71. The molecule has 1 aliphatic rings. The van der Waals surface area contributed by atoms with Gasteiger partial charge in [0.1, 0.15) is 0 Å². The molecular formula is C6H8O2. The summed E-state index contributed by atoms with van der Waals surface area (Å²) in [6, 6.07) is 0. The molecule has 1 fully saturated rings. The average molecular weight is 112 g/mol. The molecule has 0 aromatic heterocycles. The molecule has 0 aromatic rings. The molecule has 1 N–H and O–H groups in total. The lowest BCUT2D eigenvalue weighted by Gasteiger charge is -1.84. The van der Waals surface area contributed by atoms with Gasteiger partial charge in [0.2, 0.25) is 0 Å². The molecule has 44 valence electrons. The van der Waals surface area contributed by atoms with E-state index in [0.717, 1.165) is 19.1 Å². The number of rotatable bonds is 0. The van der Waals surface area contributed by atoms with E-state index in [-0.39, 0.29) is 5.78 Å². The van der Waals surface area contributed by atoms with E-state index >= 15 is 0 Å². The van der Waals surface area contributed by atoms with Crippen LogP contribution in [0.4, 0.5) is 0 Å². The Morgan fingerprint density at radius 1 is 1.50 bits per heavy atom. The number of carbonyl (C=O) groups excluding carboxylic acids is 1. The van der Waals surface area contributed by atoms with Crippen LogP contribution >= 0.6 is 0 Å². The molecule has 0 radical (unpaired) electrons. The third-order valence-electron chi connectivity index (χ3n) is 1.36. The van der Waals surface area contributed by atoms with E-state index in [2.05, 4.69) is 0 Å². The summed E-state index contributed by atoms with van der Waals surface area (Å²) in [6.07, 6.45) is 3.21. The lowest BCUT2D eigenvalue weighted by atomic mass is 10.2. The van der Waals surface area contributed by atoms with Crippen molar-refractivity contribution in [1.29, 1.82) is 0 Å². The van der Waals surface area contributed by atoms with Crippen molar-refractivity contribution in [2.45, 2.75) is 19.3 Å². The Morgan fingerprint density at radius 2 is 2.25 bits per heavy atom. The van der Waals surface area contributed by atoms with E-state index in [1.807, 2.05) is 0 Å². The highest BCUT2D eigenvalue weighted by atomic mass is 16.2. The number of Topliss-reactive ketones (excluding diaryl/α,β-unsaturated/α-hetero) is 1. The number of carbonyl (C=O) groups is 1. The normalized spacial score (nSPS) is 25.0. The topological polar surface area (TPSA) is 37.3 Å². The molecule has 2 heteroatoms. The van der Waals surface area contributed by atoms with Crippen LogP contribution in [-0.2, 0) is 4.79 Å². The third kappa shape index (κ3) is 0.735. The molecule has 2 nitrogen and oxygen atoms in total. The summed E-state index contributed by atoms with van der Waals surface area (Å²) in [5, 5.41) is 8.35. The van der Waals surface area contributed by atoms with Gasteiger partial charge in [-0.25, -0.2) is 0 Å². The van der Waals surface area contributed by atoms with Crippen molar-refractivity contribution in [2.75, 3.05) is 0 Å². The van der Waals surface area contributed by atoms with E-state index in [1.54, 1.807) is 0 Å². The minimum absolute atomic E-state index is 0.104. The number of aliphatic hydroxyl groups is 1. The van der Waals surface area contributed by atoms with Crippen LogP contribution in [0, 0.1) is 0 Å². The molecule has 0 amide bonds. The predicted octanol–water partition coefficient (Wildman–Crippen LogP) is 1.18. The summed E-state index contributed by atoms with van der Waals surface area (Å²) in [4.78, 5) is 10.6. The summed E-state index contributed by atoms with van der Waals surface area (Å²) < 4.78 is 0. The van der Waals surface area contributed by atoms with Crippen LogP contribution < -0.4 is 0 Å². The van der Waals surface area contributed by atoms with Gasteiger partial charge < -0.3 is 5.11 Å². The van der Waals surface area contributed by atoms with Gasteiger partial charge in [0.15, 0.2) is 5.78 Å². The van der Waals surface area contributed by atoms with Crippen molar-refractivity contribution < 1.29 is 9.90 Å². The maximum atomic E-state index is 10.6. The number of ketones is 1. The highest BCUT2D eigenvalue weighted by Crippen LogP contribution is 2.18. The molecule has 1 rings (SSSR count). The van der Waals surface area contributed by atoms with Crippen molar-refractivity contribution in [3.63, 3.8) is 0 Å². The number of hydrogen-bond acceptors (Lipinski definition) is 2. The van der Waals surface area contributed by atoms with Crippen molar-refractivity contribution in [2.24, 2.45) is 0 Å². The summed E-state index contributed by atoms with van der Waals surface area (Å²) in [5.74, 6) is 0.104. The Kier molecular flexibility index (Phi) is 1.33. The largest absolute Gasteiger partial charge is 0.515 e. The van der Waals surface area contributed by atoms with Gasteiger partial charge >= 0.3 is 0 Å². The molecule has 0 aliphatic heterocycles. The predicted molar refractivity (Wildman–Crippen MR) is 29.6 cm³/mol. The molecule has 0 spiro atoms. The first kappa shape index (κ1) is 5.35. The van der Waals surface area contributed by atoms with E-state index in [9.17, 15) is 4.79 Å². The second-order valence-electron chi connectivity index (χ2n) is 1.93. The van der Waals surface area contributed by atoms with Gasteiger partial charge in [0.25, 0.3) is 0 Å². The van der Waals surface area contributed by atoms with Crippen molar-refractivity contribution >= 4 is 5.78 Å². The zero-order valence-electron chi connectivity index (χ0n) is 4.55. The van der Waals surface area contributed by atoms with Crippen LogP contribution in [-0.4, -0.2) is 10.9 Å². The van der Waals surface area contributed by atoms with Gasteiger partial charge in [0.05, 0.1) is 6.26 Å². The van der Waals surface area contributed by atoms with E-state index in [4.69, 9.17) is 5.11 Å². The second kappa shape index (κ2) is 1.99. The molecular weight excluding hydrogens is 104 g/mol. The summed E-state index contributed by atoms with van der Waals surface area (Å²) in [7, 11) is 0. The van der Waals surface area contributed by atoms with Gasteiger partial charge in [-0.1, -0.05) is 0 Å². The quantitative estimate of drug-likeness (QED) is 0.377. The van der Waals surface area contributed by atoms with E-state index in [1.165, 1.54) is 0 Å². The molecule has 0 aromatic carbocycles. The summed E-state index contributed by atoms with van der Waals surface area (Å²) in [6.45, 7) is 0. The van der Waals surface area contributed by atoms with Crippen molar-refractivity contribution in [3.05, 3.63) is 11.8 Å². The molecule has 8 heavy (non-hydrogen) atoms. The maximum Gasteiger partial charge on any atom is 0.161 e. The molecule has 1 aliphatic carbocycles. The molecule has 0 heterocycles. The Hall–Kier alpha value is -0.790. The molecule has 0 saturated heterocycles. The number of hydrogen-bond donors (Lipinski definition) is 1. The van der Waals surface area contributed by atoms with Crippen LogP contribution in [0.25, 0.3) is 0 Å². The standard InChI is InChI=1S/C6H8O2/c7-4-5-2-1-3-6(5)8/h4,7H,1-3H2. The summed E-state index contributed by atoms with van der Waals surface area (Å²) >= 11 is 0. The first-order valence-electron chi connectivity index (χ1n) is 2.71. The zero-order chi connectivity index (χ0) is 5.98. The lowest BCUT2D eigenvalue weighted by molar-refractivity contribution is -0.114. The fourth-order valence-electron chi connectivity index (χ4n) is 0.876. The fraction of sp³-hybridized carbons (Fsp3) is 0.500. The van der Waals surface area contributed by atoms with Gasteiger partial charge in [-0.15, -0.1) is 0 Å². The molecule has 0 unspecified atom stereocenters. The minimum atomic E-state index is 0.104. The molecule has 0 atom stereocenters. The SMILES string of the molecule is O=C1CCCC1=CO. The smallest absolute Gasteiger partial charge is 0.161 e. The van der Waals surface area contributed by atoms with Crippen LogP contribution in [0.5, 0.6) is 0 Å². The molecule has 1 saturated carbocycles. The van der Waals surface area contributed by atoms with E-state index < -0.39 is 0 Å². The van der Waals surface area contributed by atoms with Crippen LogP contribution in [0.3, 0.4) is 0 Å². The minimum Gasteiger partial charge on any atom is -0.515 e. The second-order valence-corrected chi connectivity index (χ2v) is 1.93. The molecule has 0 bridgehead atoms. The third-order valence-corrected chi connectivity index (χ3v) is 1.36. The van der Waals surface area contributed by atoms with Crippen LogP contribution in [0.15, 0.2) is 11.8 Å². The van der Waals surface area contributed by atoms with Gasteiger partial charge in [-0.3, -0.25) is 4.79 Å². The van der Waals surface area contributed by atoms with Gasteiger partial charge in [0, 0.05) is 12.0 Å². The first-order chi connectivity index (χ1) is 3.84. The fourth-order valence-corrected chi connectivity index (χ4v) is 0.876. The van der Waals surface area contributed by atoms with Crippen molar-refractivity contribution in [3.8, 4) is 0 Å². The monoisotopic (exact) mass is 112 g/mol. The van der Waals surface area contributed by atoms with Crippen LogP contribution in [0.1, 0.15) is 19.3 Å². The highest BCUT2D eigenvalue weighted by Gasteiger charge is 2.15. The zero-order valence-corrected chi connectivity index (χ0v) is 4.55. The van der Waals surface area contributed by atoms with Crippen molar-refractivity contribution in [1.82, 2.24) is 0 Å². The Morgan fingerprint density at radius 3 is 2.50 bits per heavy atom. The number of allylic oxidation sites excluding steroid dienone is 1. The Bertz CT molecular complexity index is 135. The average Bonchev–Trinajstić information content (AvgIpc) is 2.14. The lowest BCUT2D eigenvalue weighted by Crippen LogP contribution is -1.89. The number of aliphatic hydroxyl groups excluding tert-OH is 1. The maximum absolute atomic E-state index is 10.6. The van der Waals surface area contributed by atoms with Crippen LogP contribution in [0.2, 0.25) is 0 Å². The van der Waals surface area contributed by atoms with Gasteiger partial charge in [-0.2, -0.15) is 0 Å². The Balaban J connectivity index is 2.69. The van der Waals surface area contributed by atoms with Gasteiger partial charge in [-0.05, 0) is 12.8 Å².